The molecule has 3 rings (SSSR count). The van der Waals surface area contributed by atoms with Crippen LogP contribution in [0.15, 0.2) is 53.5 Å². The van der Waals surface area contributed by atoms with E-state index in [0.717, 1.165) is 10.0 Å². The molecule has 0 aliphatic carbocycles. The lowest BCUT2D eigenvalue weighted by Crippen LogP contribution is -2.11. The second-order valence-electron chi connectivity index (χ2n) is 5.64. The molecule has 0 fully saturated rings. The Kier molecular flexibility index (Phi) is 5.47. The first-order chi connectivity index (χ1) is 12.5. The van der Waals surface area contributed by atoms with Gasteiger partial charge in [-0.05, 0) is 33.6 Å². The van der Waals surface area contributed by atoms with Gasteiger partial charge < -0.3 is 10.4 Å². The number of nitrogens with one attached hydrogen (secondary N) is 1. The highest BCUT2D eigenvalue weighted by atomic mass is 79.9. The van der Waals surface area contributed by atoms with Crippen molar-refractivity contribution in [3.63, 3.8) is 0 Å². The summed E-state index contributed by atoms with van der Waals surface area (Å²) >= 11 is 3.36. The number of hydrogen-bond acceptors (Lipinski definition) is 4. The molecule has 0 spiro atoms. The number of aromatic nitrogens is 4. The lowest BCUT2D eigenvalue weighted by atomic mass is 10.2. The Morgan fingerprint density at radius 3 is 2.46 bits per heavy atom. The topological polar surface area (TPSA) is 102 Å². The molecule has 0 unspecified atom stereocenters. The standard InChI is InChI=1S/C17H16BrN5O3/c18-14-8-20-23(11-14)9-12-1-3-15(4-2-12)21-17(26)13-7-19-22(10-13)6-5-16(24)25/h1-4,7-8,10-11H,5-6,9H2,(H,21,26)(H,24,25). The fourth-order valence-electron chi connectivity index (χ4n) is 2.32. The molecule has 0 aliphatic heterocycles. The zero-order valence-electron chi connectivity index (χ0n) is 13.7. The van der Waals surface area contributed by atoms with Gasteiger partial charge in [-0.15, -0.1) is 0 Å². The molecule has 1 aromatic carbocycles. The van der Waals surface area contributed by atoms with Gasteiger partial charge in [0.05, 0.1) is 41.9 Å². The summed E-state index contributed by atoms with van der Waals surface area (Å²) in [6, 6.07) is 7.48. The summed E-state index contributed by atoms with van der Waals surface area (Å²) in [5, 5.41) is 19.7. The number of rotatable bonds is 7. The fraction of sp³-hybridized carbons (Fsp3) is 0.176. The molecular formula is C17H16BrN5O3. The Morgan fingerprint density at radius 2 is 1.81 bits per heavy atom. The minimum atomic E-state index is -0.908. The Labute approximate surface area is 157 Å². The van der Waals surface area contributed by atoms with E-state index in [1.165, 1.54) is 17.1 Å². The first-order valence-electron chi connectivity index (χ1n) is 7.82. The summed E-state index contributed by atoms with van der Waals surface area (Å²) in [4.78, 5) is 22.8. The molecule has 3 aromatic rings. The van der Waals surface area contributed by atoms with Crippen LogP contribution in [0.5, 0.6) is 0 Å². The zero-order valence-corrected chi connectivity index (χ0v) is 15.3. The number of carbonyl (C=O) groups excluding carboxylic acids is 1. The Balaban J connectivity index is 1.58. The second-order valence-corrected chi connectivity index (χ2v) is 6.56. The summed E-state index contributed by atoms with van der Waals surface area (Å²) in [6.45, 7) is 0.858. The van der Waals surface area contributed by atoms with Crippen LogP contribution < -0.4 is 5.32 Å². The number of hydrogen-bond donors (Lipinski definition) is 2. The number of carboxylic acid groups (broad SMARTS) is 1. The van der Waals surface area contributed by atoms with E-state index in [4.69, 9.17) is 5.11 Å². The van der Waals surface area contributed by atoms with Crippen molar-refractivity contribution < 1.29 is 14.7 Å². The molecule has 9 heteroatoms. The lowest BCUT2D eigenvalue weighted by molar-refractivity contribution is -0.137. The molecule has 0 bridgehead atoms. The summed E-state index contributed by atoms with van der Waals surface area (Å²) in [5.41, 5.74) is 2.10. The maximum absolute atomic E-state index is 12.2. The van der Waals surface area contributed by atoms with E-state index in [-0.39, 0.29) is 18.9 Å². The molecule has 2 aromatic heterocycles. The molecule has 8 nitrogen and oxygen atoms in total. The third-order valence-electron chi connectivity index (χ3n) is 3.61. The quantitative estimate of drug-likeness (QED) is 0.614. The van der Waals surface area contributed by atoms with Gasteiger partial charge in [-0.25, -0.2) is 0 Å². The van der Waals surface area contributed by atoms with Crippen molar-refractivity contribution >= 4 is 33.5 Å². The molecule has 26 heavy (non-hydrogen) atoms. The van der Waals surface area contributed by atoms with Crippen molar-refractivity contribution in [3.8, 4) is 0 Å². The molecular weight excluding hydrogens is 402 g/mol. The number of amides is 1. The van der Waals surface area contributed by atoms with E-state index in [2.05, 4.69) is 31.4 Å². The molecule has 0 atom stereocenters. The number of carbonyl (C=O) groups is 2. The predicted octanol–water partition coefficient (Wildman–Crippen LogP) is 2.62. The van der Waals surface area contributed by atoms with E-state index >= 15 is 0 Å². The molecule has 2 heterocycles. The average Bonchev–Trinajstić information content (AvgIpc) is 3.24. The Bertz CT molecular complexity index is 917. The van der Waals surface area contributed by atoms with Gasteiger partial charge in [0.15, 0.2) is 0 Å². The number of benzene rings is 1. The van der Waals surface area contributed by atoms with E-state index in [9.17, 15) is 9.59 Å². The minimum Gasteiger partial charge on any atom is -0.481 e. The van der Waals surface area contributed by atoms with Crippen LogP contribution in [0.2, 0.25) is 0 Å². The van der Waals surface area contributed by atoms with Gasteiger partial charge in [-0.3, -0.25) is 19.0 Å². The van der Waals surface area contributed by atoms with Gasteiger partial charge in [0.1, 0.15) is 0 Å². The van der Waals surface area contributed by atoms with Gasteiger partial charge in [-0.1, -0.05) is 12.1 Å². The average molecular weight is 418 g/mol. The van der Waals surface area contributed by atoms with Gasteiger partial charge >= 0.3 is 5.97 Å². The van der Waals surface area contributed by atoms with Gasteiger partial charge in [0.2, 0.25) is 0 Å². The molecule has 0 saturated heterocycles. The van der Waals surface area contributed by atoms with Crippen LogP contribution in [-0.2, 0) is 17.9 Å². The number of halogens is 1. The highest BCUT2D eigenvalue weighted by Gasteiger charge is 2.10. The minimum absolute atomic E-state index is 0.0446. The van der Waals surface area contributed by atoms with Gasteiger partial charge in [0, 0.05) is 18.1 Å². The molecule has 0 radical (unpaired) electrons. The third-order valence-corrected chi connectivity index (χ3v) is 4.02. The van der Waals surface area contributed by atoms with E-state index in [1.807, 2.05) is 35.1 Å². The van der Waals surface area contributed by atoms with Gasteiger partial charge in [0.25, 0.3) is 5.91 Å². The summed E-state index contributed by atoms with van der Waals surface area (Å²) in [6.07, 6.45) is 6.52. The van der Waals surface area contributed by atoms with Crippen LogP contribution in [-0.4, -0.2) is 36.5 Å². The molecule has 0 saturated carbocycles. The smallest absolute Gasteiger partial charge is 0.305 e. The summed E-state index contributed by atoms with van der Waals surface area (Å²) < 4.78 is 4.17. The van der Waals surface area contributed by atoms with Crippen LogP contribution in [0.4, 0.5) is 5.69 Å². The number of anilines is 1. The predicted molar refractivity (Wildman–Crippen MR) is 97.9 cm³/mol. The number of nitrogens with zero attached hydrogens (tertiary/aromatic N) is 4. The Hall–Kier alpha value is -2.94. The zero-order chi connectivity index (χ0) is 18.5. The van der Waals surface area contributed by atoms with E-state index in [0.29, 0.717) is 17.8 Å². The van der Waals surface area contributed by atoms with Crippen LogP contribution in [0, 0.1) is 0 Å². The van der Waals surface area contributed by atoms with Crippen molar-refractivity contribution in [1.82, 2.24) is 19.6 Å². The first kappa shape index (κ1) is 17.9. The second kappa shape index (κ2) is 7.96. The van der Waals surface area contributed by atoms with E-state index in [1.54, 1.807) is 6.20 Å². The third kappa shape index (κ3) is 4.79. The van der Waals surface area contributed by atoms with Crippen LogP contribution in [0.3, 0.4) is 0 Å². The number of aryl methyl sites for hydroxylation is 1. The van der Waals surface area contributed by atoms with Crippen LogP contribution in [0.1, 0.15) is 22.3 Å². The van der Waals surface area contributed by atoms with Crippen molar-refractivity contribution in [2.75, 3.05) is 5.32 Å². The highest BCUT2D eigenvalue weighted by molar-refractivity contribution is 9.10. The van der Waals surface area contributed by atoms with E-state index < -0.39 is 5.97 Å². The van der Waals surface area contributed by atoms with Crippen molar-refractivity contribution in [2.45, 2.75) is 19.5 Å². The molecule has 0 aliphatic rings. The molecule has 2 N–H and O–H groups in total. The highest BCUT2D eigenvalue weighted by Crippen LogP contribution is 2.13. The molecule has 1 amide bonds. The van der Waals surface area contributed by atoms with Crippen molar-refractivity contribution in [1.29, 1.82) is 0 Å². The largest absolute Gasteiger partial charge is 0.481 e. The Morgan fingerprint density at radius 1 is 1.08 bits per heavy atom. The van der Waals surface area contributed by atoms with Crippen LogP contribution in [0.25, 0.3) is 0 Å². The van der Waals surface area contributed by atoms with Crippen molar-refractivity contribution in [3.05, 3.63) is 64.7 Å². The van der Waals surface area contributed by atoms with Gasteiger partial charge in [-0.2, -0.15) is 10.2 Å². The normalized spacial score (nSPS) is 10.7. The summed E-state index contributed by atoms with van der Waals surface area (Å²) in [5.74, 6) is -1.20. The lowest BCUT2D eigenvalue weighted by Gasteiger charge is -2.06. The fourth-order valence-corrected chi connectivity index (χ4v) is 2.65. The molecule has 134 valence electrons. The maximum Gasteiger partial charge on any atom is 0.305 e. The first-order valence-corrected chi connectivity index (χ1v) is 8.61. The summed E-state index contributed by atoms with van der Waals surface area (Å²) in [7, 11) is 0. The number of carboxylic acids is 1. The maximum atomic E-state index is 12.2. The van der Waals surface area contributed by atoms with Crippen molar-refractivity contribution in [2.24, 2.45) is 0 Å². The number of aliphatic carboxylic acids is 1. The van der Waals surface area contributed by atoms with Crippen LogP contribution >= 0.6 is 15.9 Å². The monoisotopic (exact) mass is 417 g/mol. The SMILES string of the molecule is O=C(O)CCn1cc(C(=O)Nc2ccc(Cn3cc(Br)cn3)cc2)cn1.